The Bertz CT molecular complexity index is 781. The summed E-state index contributed by atoms with van der Waals surface area (Å²) in [6, 6.07) is 5.25. The topological polar surface area (TPSA) is 52.4 Å². The van der Waals surface area contributed by atoms with Gasteiger partial charge < -0.3 is 4.74 Å². The highest BCUT2D eigenvalue weighted by Gasteiger charge is 2.32. The molecule has 2 rings (SSSR count). The molecule has 0 aliphatic rings. The highest BCUT2D eigenvalue weighted by Crippen LogP contribution is 2.41. The fraction of sp³-hybridized carbons (Fsp3) is 0.0769. The fourth-order valence-corrected chi connectivity index (χ4v) is 2.46. The third-order valence-corrected chi connectivity index (χ3v) is 3.73. The summed E-state index contributed by atoms with van der Waals surface area (Å²) in [5.74, 6) is -0.718. The molecule has 10 heteroatoms. The third kappa shape index (κ3) is 4.19. The summed E-state index contributed by atoms with van der Waals surface area (Å²) in [5.41, 5.74) is -0.480. The van der Waals surface area contributed by atoms with Crippen LogP contribution in [-0.2, 0) is 0 Å². The lowest BCUT2D eigenvalue weighted by Gasteiger charge is -2.11. The summed E-state index contributed by atoms with van der Waals surface area (Å²) in [6.07, 6.45) is -4.96. The molecule has 2 aromatic carbocycles. The molecule has 0 spiro atoms. The van der Waals surface area contributed by atoms with Crippen LogP contribution in [0.25, 0.3) is 11.1 Å². The normalized spacial score (nSPS) is 11.4. The molecule has 0 aromatic heterocycles. The molecule has 0 bridgehead atoms. The zero-order chi connectivity index (χ0) is 17.4. The van der Waals surface area contributed by atoms with Gasteiger partial charge in [0.1, 0.15) is 5.75 Å². The number of hydrogen-bond acceptors (Lipinski definition) is 3. The number of nitro groups is 1. The third-order valence-electron chi connectivity index (χ3n) is 2.70. The first-order valence-electron chi connectivity index (χ1n) is 5.77. The first kappa shape index (κ1) is 17.7. The summed E-state index contributed by atoms with van der Waals surface area (Å²) in [7, 11) is 0. The Morgan fingerprint density at radius 2 is 1.57 bits per heavy atom. The Labute approximate surface area is 142 Å². The smallest absolute Gasteiger partial charge is 0.406 e. The van der Waals surface area contributed by atoms with E-state index in [4.69, 9.17) is 34.8 Å². The van der Waals surface area contributed by atoms with E-state index in [0.29, 0.717) is 6.07 Å². The van der Waals surface area contributed by atoms with Crippen molar-refractivity contribution >= 4 is 40.5 Å². The van der Waals surface area contributed by atoms with Crippen molar-refractivity contribution in [1.29, 1.82) is 0 Å². The van der Waals surface area contributed by atoms with Crippen molar-refractivity contribution in [3.8, 4) is 16.9 Å². The number of benzene rings is 2. The summed E-state index contributed by atoms with van der Waals surface area (Å²) < 4.78 is 40.3. The van der Waals surface area contributed by atoms with Crippen molar-refractivity contribution in [2.45, 2.75) is 6.36 Å². The van der Waals surface area contributed by atoms with Crippen LogP contribution in [0, 0.1) is 10.1 Å². The Balaban J connectivity index is 2.59. The molecule has 0 aliphatic heterocycles. The molecule has 0 saturated heterocycles. The molecule has 0 radical (unpaired) electrons. The van der Waals surface area contributed by atoms with E-state index in [2.05, 4.69) is 4.74 Å². The molecule has 0 saturated carbocycles. The van der Waals surface area contributed by atoms with E-state index < -0.39 is 22.7 Å². The lowest BCUT2D eigenvalue weighted by Crippen LogP contribution is -2.17. The van der Waals surface area contributed by atoms with Crippen LogP contribution in [0.1, 0.15) is 0 Å². The Morgan fingerprint density at radius 1 is 0.957 bits per heavy atom. The maximum atomic E-state index is 12.2. The number of ether oxygens (including phenoxy) is 1. The van der Waals surface area contributed by atoms with E-state index in [1.54, 1.807) is 0 Å². The van der Waals surface area contributed by atoms with Gasteiger partial charge in [-0.2, -0.15) is 0 Å². The predicted octanol–water partition coefficient (Wildman–Crippen LogP) is 6.12. The van der Waals surface area contributed by atoms with Crippen LogP contribution in [0.5, 0.6) is 5.75 Å². The van der Waals surface area contributed by atoms with Gasteiger partial charge in [0.2, 0.25) is 0 Å². The van der Waals surface area contributed by atoms with Gasteiger partial charge in [-0.3, -0.25) is 10.1 Å². The number of hydrogen-bond donors (Lipinski definition) is 0. The first-order chi connectivity index (χ1) is 10.6. The molecule has 0 atom stereocenters. The lowest BCUT2D eigenvalue weighted by molar-refractivity contribution is -0.384. The Hall–Kier alpha value is -1.70. The minimum Gasteiger partial charge on any atom is -0.406 e. The van der Waals surface area contributed by atoms with Gasteiger partial charge in [-0.05, 0) is 24.3 Å². The first-order valence-corrected chi connectivity index (χ1v) is 6.91. The monoisotopic (exact) mass is 385 g/mol. The number of nitrogens with zero attached hydrogens (tertiary/aromatic N) is 1. The van der Waals surface area contributed by atoms with E-state index in [0.717, 1.165) is 12.1 Å². The lowest BCUT2D eigenvalue weighted by atomic mass is 10.0. The molecule has 0 amide bonds. The van der Waals surface area contributed by atoms with Gasteiger partial charge in [-0.15, -0.1) is 13.2 Å². The molecule has 0 aliphatic carbocycles. The van der Waals surface area contributed by atoms with E-state index >= 15 is 0 Å². The standard InChI is InChI=1S/C13H5Cl3F3NO3/c14-9-5-11(16)10(15)4-8(9)7-2-1-6(23-13(17,18)19)3-12(7)20(21)22/h1-5H. The van der Waals surface area contributed by atoms with Gasteiger partial charge in [0.15, 0.2) is 0 Å². The molecule has 0 heterocycles. The molecular formula is C13H5Cl3F3NO3. The number of rotatable bonds is 3. The second-order valence-corrected chi connectivity index (χ2v) is 5.45. The van der Waals surface area contributed by atoms with Crippen molar-refractivity contribution in [2.75, 3.05) is 0 Å². The van der Waals surface area contributed by atoms with Gasteiger partial charge >= 0.3 is 6.36 Å². The van der Waals surface area contributed by atoms with Crippen molar-refractivity contribution in [1.82, 2.24) is 0 Å². The number of halogens is 6. The van der Waals surface area contributed by atoms with Crippen LogP contribution in [-0.4, -0.2) is 11.3 Å². The molecular weight excluding hydrogens is 382 g/mol. The van der Waals surface area contributed by atoms with Crippen molar-refractivity contribution in [3.05, 3.63) is 55.5 Å². The molecule has 0 unspecified atom stereocenters. The zero-order valence-electron chi connectivity index (χ0n) is 10.8. The maximum Gasteiger partial charge on any atom is 0.573 e. The highest BCUT2D eigenvalue weighted by molar-refractivity contribution is 6.44. The van der Waals surface area contributed by atoms with Gasteiger partial charge in [0.05, 0.1) is 31.6 Å². The molecule has 2 aromatic rings. The summed E-state index contributed by atoms with van der Waals surface area (Å²) >= 11 is 17.6. The van der Waals surface area contributed by atoms with Gasteiger partial charge in [0, 0.05) is 5.56 Å². The van der Waals surface area contributed by atoms with Crippen molar-refractivity contribution in [2.24, 2.45) is 0 Å². The van der Waals surface area contributed by atoms with Crippen LogP contribution in [0.4, 0.5) is 18.9 Å². The average molecular weight is 387 g/mol. The van der Waals surface area contributed by atoms with Crippen molar-refractivity contribution < 1.29 is 22.8 Å². The Kier molecular flexibility index (Phi) is 4.93. The van der Waals surface area contributed by atoms with Gasteiger partial charge in [-0.1, -0.05) is 34.8 Å². The molecule has 0 N–H and O–H groups in total. The van der Waals surface area contributed by atoms with Crippen LogP contribution in [0.2, 0.25) is 15.1 Å². The minimum absolute atomic E-state index is 0.0203. The van der Waals surface area contributed by atoms with Gasteiger partial charge in [0.25, 0.3) is 5.69 Å². The van der Waals surface area contributed by atoms with Crippen LogP contribution >= 0.6 is 34.8 Å². The summed E-state index contributed by atoms with van der Waals surface area (Å²) in [5, 5.41) is 11.4. The SMILES string of the molecule is O=[N+]([O-])c1cc(OC(F)(F)F)ccc1-c1cc(Cl)c(Cl)cc1Cl. The highest BCUT2D eigenvalue weighted by atomic mass is 35.5. The molecule has 0 fully saturated rings. The van der Waals surface area contributed by atoms with Crippen LogP contribution < -0.4 is 4.74 Å². The minimum atomic E-state index is -4.96. The second-order valence-electron chi connectivity index (χ2n) is 4.23. The molecule has 4 nitrogen and oxygen atoms in total. The molecule has 23 heavy (non-hydrogen) atoms. The second kappa shape index (κ2) is 6.43. The number of alkyl halides is 3. The van der Waals surface area contributed by atoms with Gasteiger partial charge in [-0.25, -0.2) is 0 Å². The van der Waals surface area contributed by atoms with E-state index in [1.165, 1.54) is 12.1 Å². The van der Waals surface area contributed by atoms with E-state index in [9.17, 15) is 23.3 Å². The van der Waals surface area contributed by atoms with E-state index in [1.807, 2.05) is 0 Å². The zero-order valence-corrected chi connectivity index (χ0v) is 13.1. The number of nitro benzene ring substituents is 1. The summed E-state index contributed by atoms with van der Waals surface area (Å²) in [6.45, 7) is 0. The van der Waals surface area contributed by atoms with E-state index in [-0.39, 0.29) is 26.2 Å². The van der Waals surface area contributed by atoms with Crippen LogP contribution in [0.15, 0.2) is 30.3 Å². The predicted molar refractivity (Wildman–Crippen MR) is 80.2 cm³/mol. The molecule has 122 valence electrons. The maximum absolute atomic E-state index is 12.2. The Morgan fingerprint density at radius 3 is 2.13 bits per heavy atom. The van der Waals surface area contributed by atoms with Crippen molar-refractivity contribution in [3.63, 3.8) is 0 Å². The quantitative estimate of drug-likeness (QED) is 0.363. The summed E-state index contributed by atoms with van der Waals surface area (Å²) in [4.78, 5) is 10.3. The fourth-order valence-electron chi connectivity index (χ4n) is 1.82. The average Bonchev–Trinajstić information content (AvgIpc) is 2.41. The van der Waals surface area contributed by atoms with Crippen LogP contribution in [0.3, 0.4) is 0 Å². The largest absolute Gasteiger partial charge is 0.573 e.